The van der Waals surface area contributed by atoms with E-state index in [1.54, 1.807) is 27.9 Å². The molecule has 33 heavy (non-hydrogen) atoms. The number of aliphatic hydroxyl groups is 1. The van der Waals surface area contributed by atoms with Crippen LogP contribution in [0.15, 0.2) is 48.8 Å². The van der Waals surface area contributed by atoms with Crippen molar-refractivity contribution in [3.05, 3.63) is 65.1 Å². The highest BCUT2D eigenvalue weighted by atomic mass is 35.5. The standard InChI is InChI=1S/C24H27ClN6O2/c1-24(2,15-32)27-18-9-10-29(14-18)21-8-7-20(11-26-21)30-12-16-13-31(28-22(16)23(30)33)19-5-3-17(25)4-6-19/h3-8,11,13,18,27,32H,9-10,12,14-15H2,1-2H3. The first kappa shape index (κ1) is 21.9. The molecule has 8 nitrogen and oxygen atoms in total. The predicted molar refractivity (Wildman–Crippen MR) is 128 cm³/mol. The molecule has 2 N–H and O–H groups in total. The number of aromatic nitrogens is 3. The van der Waals surface area contributed by atoms with Crippen molar-refractivity contribution in [1.29, 1.82) is 0 Å². The lowest BCUT2D eigenvalue weighted by Gasteiger charge is -2.28. The molecule has 2 aliphatic heterocycles. The molecule has 0 spiro atoms. The third-order valence-electron chi connectivity index (χ3n) is 6.20. The normalized spacial score (nSPS) is 18.3. The molecular formula is C24H27ClN6O2. The van der Waals surface area contributed by atoms with Crippen molar-refractivity contribution in [3.8, 4) is 5.69 Å². The third-order valence-corrected chi connectivity index (χ3v) is 6.46. The number of carbonyl (C=O) groups excluding carboxylic acids is 1. The second-order valence-electron chi connectivity index (χ2n) is 9.31. The molecule has 0 aliphatic carbocycles. The maximum Gasteiger partial charge on any atom is 0.279 e. The Morgan fingerprint density at radius 2 is 1.94 bits per heavy atom. The monoisotopic (exact) mass is 466 g/mol. The van der Waals surface area contributed by atoms with Crippen LogP contribution in [-0.2, 0) is 6.54 Å². The lowest BCUT2D eigenvalue weighted by molar-refractivity contribution is 0.0991. The first-order chi connectivity index (χ1) is 15.8. The van der Waals surface area contributed by atoms with E-state index in [1.165, 1.54) is 0 Å². The number of nitrogens with zero attached hydrogens (tertiary/aromatic N) is 5. The van der Waals surface area contributed by atoms with E-state index in [4.69, 9.17) is 11.6 Å². The minimum atomic E-state index is -0.299. The molecule has 0 saturated carbocycles. The molecule has 1 fully saturated rings. The number of nitrogens with one attached hydrogen (secondary N) is 1. The van der Waals surface area contributed by atoms with Crippen molar-refractivity contribution in [2.75, 3.05) is 29.5 Å². The van der Waals surface area contributed by atoms with Crippen LogP contribution in [0.3, 0.4) is 0 Å². The number of benzene rings is 1. The van der Waals surface area contributed by atoms with Gasteiger partial charge in [0.2, 0.25) is 0 Å². The Labute approximate surface area is 197 Å². The predicted octanol–water partition coefficient (Wildman–Crippen LogP) is 3.02. The van der Waals surface area contributed by atoms with Gasteiger partial charge in [-0.05, 0) is 56.7 Å². The Bertz CT molecular complexity index is 1160. The fourth-order valence-corrected chi connectivity index (χ4v) is 4.55. The molecule has 9 heteroatoms. The lowest BCUT2D eigenvalue weighted by Crippen LogP contribution is -2.49. The van der Waals surface area contributed by atoms with E-state index in [0.29, 0.717) is 23.3 Å². The molecule has 1 aromatic carbocycles. The van der Waals surface area contributed by atoms with Crippen molar-refractivity contribution in [2.24, 2.45) is 0 Å². The molecule has 5 rings (SSSR count). The van der Waals surface area contributed by atoms with Gasteiger partial charge in [-0.15, -0.1) is 0 Å². The van der Waals surface area contributed by atoms with Crippen molar-refractivity contribution in [3.63, 3.8) is 0 Å². The molecule has 1 atom stereocenters. The summed E-state index contributed by atoms with van der Waals surface area (Å²) in [5, 5.41) is 18.2. The molecule has 1 unspecified atom stereocenters. The zero-order chi connectivity index (χ0) is 23.2. The number of amides is 1. The fourth-order valence-electron chi connectivity index (χ4n) is 4.42. The number of anilines is 2. The number of carbonyl (C=O) groups is 1. The Balaban J connectivity index is 1.25. The average molecular weight is 467 g/mol. The van der Waals surface area contributed by atoms with Gasteiger partial charge in [0.05, 0.1) is 30.7 Å². The van der Waals surface area contributed by atoms with Crippen LogP contribution in [0.5, 0.6) is 0 Å². The molecular weight excluding hydrogens is 440 g/mol. The van der Waals surface area contributed by atoms with Gasteiger partial charge in [-0.3, -0.25) is 4.79 Å². The zero-order valence-corrected chi connectivity index (χ0v) is 19.5. The molecule has 2 aliphatic rings. The molecule has 1 saturated heterocycles. The highest BCUT2D eigenvalue weighted by molar-refractivity contribution is 6.30. The molecule has 2 aromatic heterocycles. The zero-order valence-electron chi connectivity index (χ0n) is 18.7. The SMILES string of the molecule is CC(C)(CO)NC1CCN(c2ccc(N3Cc4cn(-c5ccc(Cl)cc5)nc4C3=O)cn2)C1. The van der Waals surface area contributed by atoms with Crippen LogP contribution in [0.2, 0.25) is 5.02 Å². The summed E-state index contributed by atoms with van der Waals surface area (Å²) in [5.41, 5.74) is 2.68. The molecule has 3 aromatic rings. The van der Waals surface area contributed by atoms with Gasteiger partial charge < -0.3 is 20.2 Å². The quantitative estimate of drug-likeness (QED) is 0.580. The molecule has 1 amide bonds. The van der Waals surface area contributed by atoms with Crippen LogP contribution in [-0.4, -0.2) is 57.1 Å². The summed E-state index contributed by atoms with van der Waals surface area (Å²) in [5.74, 6) is 0.770. The summed E-state index contributed by atoms with van der Waals surface area (Å²) in [6.45, 7) is 6.30. The number of pyridine rings is 1. The summed E-state index contributed by atoms with van der Waals surface area (Å²) in [4.78, 5) is 21.6. The van der Waals surface area contributed by atoms with E-state index in [0.717, 1.165) is 42.3 Å². The van der Waals surface area contributed by atoms with E-state index in [9.17, 15) is 9.90 Å². The highest BCUT2D eigenvalue weighted by Gasteiger charge is 2.33. The summed E-state index contributed by atoms with van der Waals surface area (Å²) in [6.07, 6.45) is 4.64. The van der Waals surface area contributed by atoms with Gasteiger partial charge in [0, 0.05) is 41.5 Å². The molecule has 0 radical (unpaired) electrons. The van der Waals surface area contributed by atoms with Gasteiger partial charge in [-0.25, -0.2) is 9.67 Å². The van der Waals surface area contributed by atoms with Crippen molar-refractivity contribution in [2.45, 2.75) is 38.4 Å². The Morgan fingerprint density at radius 3 is 2.61 bits per heavy atom. The summed E-state index contributed by atoms with van der Waals surface area (Å²) < 4.78 is 1.72. The number of hydrogen-bond donors (Lipinski definition) is 2. The van der Waals surface area contributed by atoms with Gasteiger partial charge in [0.15, 0.2) is 5.69 Å². The first-order valence-corrected chi connectivity index (χ1v) is 11.5. The van der Waals surface area contributed by atoms with Crippen molar-refractivity contribution < 1.29 is 9.90 Å². The number of aliphatic hydroxyl groups excluding tert-OH is 1. The van der Waals surface area contributed by atoms with E-state index in [-0.39, 0.29) is 18.1 Å². The van der Waals surface area contributed by atoms with E-state index >= 15 is 0 Å². The first-order valence-electron chi connectivity index (χ1n) is 11.1. The van der Waals surface area contributed by atoms with Crippen LogP contribution in [0.25, 0.3) is 5.69 Å². The second kappa shape index (κ2) is 8.44. The summed E-state index contributed by atoms with van der Waals surface area (Å²) >= 11 is 5.96. The van der Waals surface area contributed by atoms with Gasteiger partial charge in [-0.1, -0.05) is 11.6 Å². The van der Waals surface area contributed by atoms with E-state index in [1.807, 2.05) is 44.3 Å². The van der Waals surface area contributed by atoms with Crippen LogP contribution in [0, 0.1) is 0 Å². The minimum Gasteiger partial charge on any atom is -0.394 e. The Hall–Kier alpha value is -2.94. The van der Waals surface area contributed by atoms with E-state index in [2.05, 4.69) is 20.3 Å². The second-order valence-corrected chi connectivity index (χ2v) is 9.74. The average Bonchev–Trinajstić information content (AvgIpc) is 3.51. The number of fused-ring (bicyclic) bond motifs is 1. The number of halogens is 1. The van der Waals surface area contributed by atoms with Gasteiger partial charge >= 0.3 is 0 Å². The topological polar surface area (TPSA) is 86.5 Å². The van der Waals surface area contributed by atoms with Crippen molar-refractivity contribution in [1.82, 2.24) is 20.1 Å². The highest BCUT2D eigenvalue weighted by Crippen LogP contribution is 2.29. The van der Waals surface area contributed by atoms with Gasteiger partial charge in [-0.2, -0.15) is 5.10 Å². The Kier molecular flexibility index (Phi) is 5.60. The Morgan fingerprint density at radius 1 is 1.18 bits per heavy atom. The number of hydrogen-bond acceptors (Lipinski definition) is 6. The smallest absolute Gasteiger partial charge is 0.279 e. The number of rotatable bonds is 6. The summed E-state index contributed by atoms with van der Waals surface area (Å²) in [6, 6.07) is 11.6. The fraction of sp³-hybridized carbons (Fsp3) is 0.375. The molecule has 4 heterocycles. The molecule has 172 valence electrons. The third kappa shape index (κ3) is 4.34. The molecule has 0 bridgehead atoms. The van der Waals surface area contributed by atoms with Crippen LogP contribution in [0.4, 0.5) is 11.5 Å². The van der Waals surface area contributed by atoms with Gasteiger partial charge in [0.1, 0.15) is 5.82 Å². The van der Waals surface area contributed by atoms with E-state index < -0.39 is 0 Å². The summed E-state index contributed by atoms with van der Waals surface area (Å²) in [7, 11) is 0. The maximum absolute atomic E-state index is 13.0. The van der Waals surface area contributed by atoms with Crippen LogP contribution in [0.1, 0.15) is 36.3 Å². The minimum absolute atomic E-state index is 0.0967. The van der Waals surface area contributed by atoms with Gasteiger partial charge in [0.25, 0.3) is 5.91 Å². The lowest BCUT2D eigenvalue weighted by atomic mass is 10.1. The maximum atomic E-state index is 13.0. The van der Waals surface area contributed by atoms with Crippen molar-refractivity contribution >= 4 is 29.0 Å². The van der Waals surface area contributed by atoms with Crippen LogP contribution < -0.4 is 15.1 Å². The van der Waals surface area contributed by atoms with Crippen LogP contribution >= 0.6 is 11.6 Å². The largest absolute Gasteiger partial charge is 0.394 e.